The first-order valence-electron chi connectivity index (χ1n) is 6.88. The predicted molar refractivity (Wildman–Crippen MR) is 90.9 cm³/mol. The molecule has 4 nitrogen and oxygen atoms in total. The van der Waals surface area contributed by atoms with Crippen LogP contribution in [0.25, 0.3) is 0 Å². The molecule has 0 saturated carbocycles. The molecule has 0 radical (unpaired) electrons. The van der Waals surface area contributed by atoms with E-state index in [2.05, 4.69) is 21.2 Å². The van der Waals surface area contributed by atoms with Crippen LogP contribution in [0.5, 0.6) is 5.75 Å². The summed E-state index contributed by atoms with van der Waals surface area (Å²) < 4.78 is 6.57. The zero-order chi connectivity index (χ0) is 15.7. The number of hydrogen-bond acceptors (Lipinski definition) is 4. The Balaban J connectivity index is 2.20. The van der Waals surface area contributed by atoms with Crippen LogP contribution in [0.1, 0.15) is 19.8 Å². The summed E-state index contributed by atoms with van der Waals surface area (Å²) in [5.74, 6) is 0.795. The number of nitrogens with one attached hydrogen (secondary N) is 1. The number of aliphatic hydroxyl groups is 1. The van der Waals surface area contributed by atoms with Crippen molar-refractivity contribution in [2.75, 3.05) is 19.5 Å². The van der Waals surface area contributed by atoms with Crippen LogP contribution in [0, 0.1) is 0 Å². The average molecular weight is 376 g/mol. The fourth-order valence-electron chi connectivity index (χ4n) is 1.81. The smallest absolute Gasteiger partial charge is 0.220 e. The SMILES string of the molecule is CSC(CO)C(C)NC(=O)CCCOc1ccc(Br)cc1. The number of rotatable bonds is 9. The van der Waals surface area contributed by atoms with E-state index in [0.29, 0.717) is 19.4 Å². The Kier molecular flexibility index (Phi) is 8.80. The van der Waals surface area contributed by atoms with Crippen molar-refractivity contribution < 1.29 is 14.6 Å². The van der Waals surface area contributed by atoms with Gasteiger partial charge in [0, 0.05) is 22.2 Å². The predicted octanol–water partition coefficient (Wildman–Crippen LogP) is 2.84. The molecule has 0 aliphatic carbocycles. The van der Waals surface area contributed by atoms with Crippen molar-refractivity contribution in [3.8, 4) is 5.75 Å². The zero-order valence-electron chi connectivity index (χ0n) is 12.3. The molecule has 0 fully saturated rings. The highest BCUT2D eigenvalue weighted by Gasteiger charge is 2.16. The molecule has 2 unspecified atom stereocenters. The maximum atomic E-state index is 11.8. The molecular formula is C15H22BrNO3S. The largest absolute Gasteiger partial charge is 0.494 e. The molecule has 118 valence electrons. The molecule has 1 amide bonds. The van der Waals surface area contributed by atoms with Crippen LogP contribution in [0.4, 0.5) is 0 Å². The van der Waals surface area contributed by atoms with E-state index in [9.17, 15) is 9.90 Å². The molecule has 0 aliphatic heterocycles. The molecule has 0 spiro atoms. The minimum Gasteiger partial charge on any atom is -0.494 e. The molecule has 6 heteroatoms. The molecule has 1 rings (SSSR count). The van der Waals surface area contributed by atoms with E-state index in [4.69, 9.17) is 4.74 Å². The lowest BCUT2D eigenvalue weighted by atomic mass is 10.2. The van der Waals surface area contributed by atoms with Crippen molar-refractivity contribution >= 4 is 33.6 Å². The Morgan fingerprint density at radius 3 is 2.67 bits per heavy atom. The van der Waals surface area contributed by atoms with E-state index < -0.39 is 0 Å². The molecule has 1 aromatic rings. The number of carbonyl (C=O) groups excluding carboxylic acids is 1. The highest BCUT2D eigenvalue weighted by molar-refractivity contribution is 9.10. The standard InChI is InChI=1S/C15H22BrNO3S/c1-11(14(10-18)21-2)17-15(19)4-3-9-20-13-7-5-12(16)6-8-13/h5-8,11,14,18H,3-4,9-10H2,1-2H3,(H,17,19). The van der Waals surface area contributed by atoms with Gasteiger partial charge in [0.25, 0.3) is 0 Å². The Bertz CT molecular complexity index is 423. The first-order valence-corrected chi connectivity index (χ1v) is 8.96. The Morgan fingerprint density at radius 1 is 1.43 bits per heavy atom. The fraction of sp³-hybridized carbons (Fsp3) is 0.533. The molecule has 21 heavy (non-hydrogen) atoms. The van der Waals surface area contributed by atoms with Gasteiger partial charge in [0.2, 0.25) is 5.91 Å². The number of benzene rings is 1. The van der Waals surface area contributed by atoms with Crippen LogP contribution in [-0.4, -0.2) is 41.8 Å². The second-order valence-electron chi connectivity index (χ2n) is 4.72. The molecule has 2 atom stereocenters. The third-order valence-corrected chi connectivity index (χ3v) is 4.75. The molecule has 0 bridgehead atoms. The first kappa shape index (κ1) is 18.3. The minimum absolute atomic E-state index is 0.00518. The van der Waals surface area contributed by atoms with Crippen LogP contribution in [0.3, 0.4) is 0 Å². The van der Waals surface area contributed by atoms with E-state index in [-0.39, 0.29) is 23.8 Å². The van der Waals surface area contributed by atoms with Crippen LogP contribution in [0.2, 0.25) is 0 Å². The monoisotopic (exact) mass is 375 g/mol. The van der Waals surface area contributed by atoms with Crippen LogP contribution >= 0.6 is 27.7 Å². The Morgan fingerprint density at radius 2 is 2.10 bits per heavy atom. The second-order valence-corrected chi connectivity index (χ2v) is 6.71. The summed E-state index contributed by atoms with van der Waals surface area (Å²) in [4.78, 5) is 11.8. The van der Waals surface area contributed by atoms with Gasteiger partial charge in [-0.1, -0.05) is 15.9 Å². The van der Waals surface area contributed by atoms with Gasteiger partial charge in [-0.25, -0.2) is 0 Å². The van der Waals surface area contributed by atoms with Crippen molar-refractivity contribution in [1.82, 2.24) is 5.32 Å². The second kappa shape index (κ2) is 10.1. The van der Waals surface area contributed by atoms with Crippen molar-refractivity contribution in [2.45, 2.75) is 31.1 Å². The topological polar surface area (TPSA) is 58.6 Å². The number of halogens is 1. The molecular weight excluding hydrogens is 354 g/mol. The maximum Gasteiger partial charge on any atom is 0.220 e. The molecule has 2 N–H and O–H groups in total. The molecule has 0 aliphatic rings. The normalized spacial score (nSPS) is 13.5. The van der Waals surface area contributed by atoms with Gasteiger partial charge in [-0.05, 0) is 43.9 Å². The lowest BCUT2D eigenvalue weighted by Gasteiger charge is -2.21. The summed E-state index contributed by atoms with van der Waals surface area (Å²) in [6.45, 7) is 2.48. The Hall–Kier alpha value is -0.720. The third-order valence-electron chi connectivity index (χ3n) is 3.06. The molecule has 0 heterocycles. The van der Waals surface area contributed by atoms with Gasteiger partial charge in [0.1, 0.15) is 5.75 Å². The van der Waals surface area contributed by atoms with E-state index in [1.165, 1.54) is 0 Å². The number of amides is 1. The quantitative estimate of drug-likeness (QED) is 0.651. The lowest BCUT2D eigenvalue weighted by Crippen LogP contribution is -2.41. The van der Waals surface area contributed by atoms with Gasteiger partial charge in [0.05, 0.1) is 13.2 Å². The fourth-order valence-corrected chi connectivity index (χ4v) is 2.70. The van der Waals surface area contributed by atoms with Crippen LogP contribution in [0.15, 0.2) is 28.7 Å². The maximum absolute atomic E-state index is 11.8. The van der Waals surface area contributed by atoms with Crippen LogP contribution in [-0.2, 0) is 4.79 Å². The van der Waals surface area contributed by atoms with E-state index >= 15 is 0 Å². The van der Waals surface area contributed by atoms with Gasteiger partial charge in [0.15, 0.2) is 0 Å². The van der Waals surface area contributed by atoms with E-state index in [0.717, 1.165) is 10.2 Å². The minimum atomic E-state index is -0.0371. The lowest BCUT2D eigenvalue weighted by molar-refractivity contribution is -0.121. The van der Waals surface area contributed by atoms with Crippen molar-refractivity contribution in [3.63, 3.8) is 0 Å². The van der Waals surface area contributed by atoms with Gasteiger partial charge in [-0.15, -0.1) is 0 Å². The first-order chi connectivity index (χ1) is 10.1. The Labute approximate surface area is 138 Å². The number of hydrogen-bond donors (Lipinski definition) is 2. The molecule has 1 aromatic carbocycles. The number of thioether (sulfide) groups is 1. The highest BCUT2D eigenvalue weighted by atomic mass is 79.9. The van der Waals surface area contributed by atoms with E-state index in [1.807, 2.05) is 37.4 Å². The number of ether oxygens (including phenoxy) is 1. The zero-order valence-corrected chi connectivity index (χ0v) is 14.7. The van der Waals surface area contributed by atoms with Gasteiger partial charge >= 0.3 is 0 Å². The van der Waals surface area contributed by atoms with Gasteiger partial charge in [-0.3, -0.25) is 4.79 Å². The number of carbonyl (C=O) groups is 1. The van der Waals surface area contributed by atoms with Crippen LogP contribution < -0.4 is 10.1 Å². The summed E-state index contributed by atoms with van der Waals surface area (Å²) in [5.41, 5.74) is 0. The van der Waals surface area contributed by atoms with Crippen molar-refractivity contribution in [2.24, 2.45) is 0 Å². The average Bonchev–Trinajstić information content (AvgIpc) is 2.46. The van der Waals surface area contributed by atoms with Crippen molar-refractivity contribution in [1.29, 1.82) is 0 Å². The summed E-state index contributed by atoms with van der Waals surface area (Å²) >= 11 is 4.92. The van der Waals surface area contributed by atoms with Crippen molar-refractivity contribution in [3.05, 3.63) is 28.7 Å². The molecule has 0 aromatic heterocycles. The summed E-state index contributed by atoms with van der Waals surface area (Å²) in [6.07, 6.45) is 3.01. The summed E-state index contributed by atoms with van der Waals surface area (Å²) in [7, 11) is 0. The summed E-state index contributed by atoms with van der Waals surface area (Å²) in [5, 5.41) is 12.1. The highest BCUT2D eigenvalue weighted by Crippen LogP contribution is 2.16. The third kappa shape index (κ3) is 7.20. The summed E-state index contributed by atoms with van der Waals surface area (Å²) in [6, 6.07) is 7.57. The van der Waals surface area contributed by atoms with E-state index in [1.54, 1.807) is 11.8 Å². The number of aliphatic hydroxyl groups excluding tert-OH is 1. The van der Waals surface area contributed by atoms with Gasteiger partial charge < -0.3 is 15.2 Å². The molecule has 0 saturated heterocycles. The van der Waals surface area contributed by atoms with Gasteiger partial charge in [-0.2, -0.15) is 11.8 Å².